The quantitative estimate of drug-likeness (QED) is 0.0960. The number of nitrogens with zero attached hydrogens (tertiary/aromatic N) is 2. The largest absolute Gasteiger partial charge is 0.507 e. The SMILES string of the molecule is CCOC(=O)c1sc(N2C(=O)C(=O)C(=C(O)c3ccc(OCc4cccc(C)c4)cc3)C2c2cccc(Br)c2)nc1C. The average molecular weight is 648 g/mol. The van der Waals surface area contributed by atoms with Gasteiger partial charge in [-0.15, -0.1) is 0 Å². The van der Waals surface area contributed by atoms with Crippen molar-refractivity contribution in [1.82, 2.24) is 4.98 Å². The molecule has 1 aliphatic heterocycles. The molecule has 10 heteroatoms. The lowest BCUT2D eigenvalue weighted by atomic mass is 9.95. The van der Waals surface area contributed by atoms with Crippen molar-refractivity contribution in [3.63, 3.8) is 0 Å². The number of halogens is 1. The van der Waals surface area contributed by atoms with E-state index in [9.17, 15) is 19.5 Å². The lowest BCUT2D eigenvalue weighted by molar-refractivity contribution is -0.132. The summed E-state index contributed by atoms with van der Waals surface area (Å²) < 4.78 is 11.8. The molecule has 1 aromatic heterocycles. The van der Waals surface area contributed by atoms with Gasteiger partial charge in [-0.25, -0.2) is 9.78 Å². The summed E-state index contributed by atoms with van der Waals surface area (Å²) in [5, 5.41) is 11.6. The minimum absolute atomic E-state index is 0.0860. The van der Waals surface area contributed by atoms with Crippen molar-refractivity contribution in [3.8, 4) is 5.75 Å². The lowest BCUT2D eigenvalue weighted by Crippen LogP contribution is -2.29. The smallest absolute Gasteiger partial charge is 0.350 e. The topological polar surface area (TPSA) is 106 Å². The number of carbonyl (C=O) groups is 3. The number of carbonyl (C=O) groups excluding carboxylic acids is 3. The fourth-order valence-corrected chi connectivity index (χ4v) is 6.13. The van der Waals surface area contributed by atoms with Crippen LogP contribution in [0.3, 0.4) is 0 Å². The fourth-order valence-electron chi connectivity index (χ4n) is 4.73. The second-order valence-corrected chi connectivity index (χ2v) is 11.6. The standard InChI is InChI=1S/C32H27BrN2O6S/c1-4-40-31(39)29-19(3)34-32(42-29)35-26(22-9-6-10-23(33)16-22)25(28(37)30(35)38)27(36)21-11-13-24(14-12-21)41-17-20-8-5-7-18(2)15-20/h5-16,26,36H,4,17H2,1-3H3. The number of ketones is 1. The maximum atomic E-state index is 13.5. The number of esters is 1. The van der Waals surface area contributed by atoms with Gasteiger partial charge in [0, 0.05) is 10.0 Å². The van der Waals surface area contributed by atoms with Crippen molar-refractivity contribution in [2.24, 2.45) is 0 Å². The highest BCUT2D eigenvalue weighted by Gasteiger charge is 2.48. The van der Waals surface area contributed by atoms with Crippen LogP contribution in [0.4, 0.5) is 5.13 Å². The normalized spacial score (nSPS) is 16.1. The van der Waals surface area contributed by atoms with Crippen molar-refractivity contribution in [2.75, 3.05) is 11.5 Å². The van der Waals surface area contributed by atoms with Gasteiger partial charge in [0.15, 0.2) is 5.13 Å². The second-order valence-electron chi connectivity index (χ2n) is 9.66. The number of aliphatic hydroxyl groups excluding tert-OH is 1. The summed E-state index contributed by atoms with van der Waals surface area (Å²) in [6.07, 6.45) is 0. The maximum Gasteiger partial charge on any atom is 0.350 e. The summed E-state index contributed by atoms with van der Waals surface area (Å²) in [7, 11) is 0. The summed E-state index contributed by atoms with van der Waals surface area (Å²) in [6.45, 7) is 5.91. The van der Waals surface area contributed by atoms with E-state index < -0.39 is 23.7 Å². The highest BCUT2D eigenvalue weighted by molar-refractivity contribution is 9.10. The van der Waals surface area contributed by atoms with Crippen LogP contribution in [0, 0.1) is 13.8 Å². The predicted molar refractivity (Wildman–Crippen MR) is 164 cm³/mol. The number of Topliss-reactive ketones (excluding diaryl/α,β-unsaturated/α-hetero) is 1. The van der Waals surface area contributed by atoms with Gasteiger partial charge in [0.1, 0.15) is 23.0 Å². The molecule has 42 heavy (non-hydrogen) atoms. The molecule has 0 spiro atoms. The van der Waals surface area contributed by atoms with E-state index in [0.29, 0.717) is 29.2 Å². The van der Waals surface area contributed by atoms with Gasteiger partial charge in [-0.05, 0) is 68.3 Å². The van der Waals surface area contributed by atoms with Gasteiger partial charge in [-0.2, -0.15) is 0 Å². The molecule has 2 heterocycles. The average Bonchev–Trinajstić information content (AvgIpc) is 3.48. The van der Waals surface area contributed by atoms with Crippen LogP contribution < -0.4 is 9.64 Å². The highest BCUT2D eigenvalue weighted by Crippen LogP contribution is 2.44. The van der Waals surface area contributed by atoms with Crippen LogP contribution in [-0.2, 0) is 20.9 Å². The molecule has 214 valence electrons. The van der Waals surface area contributed by atoms with Crippen LogP contribution in [0.25, 0.3) is 5.76 Å². The maximum absolute atomic E-state index is 13.5. The summed E-state index contributed by atoms with van der Waals surface area (Å²) in [5.41, 5.74) is 3.38. The number of hydrogen-bond donors (Lipinski definition) is 1. The Balaban J connectivity index is 1.52. The molecule has 1 unspecified atom stereocenters. The van der Waals surface area contributed by atoms with Gasteiger partial charge in [0.2, 0.25) is 0 Å². The third-order valence-electron chi connectivity index (χ3n) is 6.68. The Morgan fingerprint density at radius 2 is 1.79 bits per heavy atom. The molecule has 1 N–H and O–H groups in total. The van der Waals surface area contributed by atoms with Crippen molar-refractivity contribution < 1.29 is 29.0 Å². The van der Waals surface area contributed by atoms with E-state index in [1.54, 1.807) is 56.3 Å². The Hall–Kier alpha value is -4.28. The Morgan fingerprint density at radius 1 is 1.05 bits per heavy atom. The molecule has 1 atom stereocenters. The Labute approximate surface area is 255 Å². The van der Waals surface area contributed by atoms with Gasteiger partial charge in [-0.1, -0.05) is 69.2 Å². The Bertz CT molecular complexity index is 1710. The molecule has 0 aliphatic carbocycles. The lowest BCUT2D eigenvalue weighted by Gasteiger charge is -2.23. The van der Waals surface area contributed by atoms with Crippen LogP contribution in [0.5, 0.6) is 5.75 Å². The van der Waals surface area contributed by atoms with E-state index in [1.165, 1.54) is 4.90 Å². The van der Waals surface area contributed by atoms with Gasteiger partial charge >= 0.3 is 11.9 Å². The van der Waals surface area contributed by atoms with Crippen LogP contribution in [0.15, 0.2) is 82.8 Å². The Kier molecular flexibility index (Phi) is 8.56. The number of anilines is 1. The van der Waals surface area contributed by atoms with Crippen LogP contribution in [0.2, 0.25) is 0 Å². The van der Waals surface area contributed by atoms with Gasteiger partial charge in [-0.3, -0.25) is 14.5 Å². The third kappa shape index (κ3) is 5.86. The zero-order valence-corrected chi connectivity index (χ0v) is 25.5. The number of aromatic nitrogens is 1. The Morgan fingerprint density at radius 3 is 2.48 bits per heavy atom. The molecule has 3 aromatic carbocycles. The van der Waals surface area contributed by atoms with Gasteiger partial charge in [0.25, 0.3) is 5.78 Å². The van der Waals surface area contributed by atoms with E-state index in [0.717, 1.165) is 26.9 Å². The molecular formula is C32H27BrN2O6S. The molecule has 0 bridgehead atoms. The molecule has 4 aromatic rings. The van der Waals surface area contributed by atoms with Crippen molar-refractivity contribution in [1.29, 1.82) is 0 Å². The minimum Gasteiger partial charge on any atom is -0.507 e. The first kappa shape index (κ1) is 29.2. The van der Waals surface area contributed by atoms with Crippen LogP contribution in [0.1, 0.15) is 50.6 Å². The molecule has 1 amide bonds. The molecular weight excluding hydrogens is 620 g/mol. The van der Waals surface area contributed by atoms with E-state index in [-0.39, 0.29) is 27.9 Å². The molecule has 0 radical (unpaired) electrons. The minimum atomic E-state index is -0.986. The van der Waals surface area contributed by atoms with Gasteiger partial charge in [0.05, 0.1) is 23.9 Å². The molecule has 1 fully saturated rings. The van der Waals surface area contributed by atoms with E-state index in [1.807, 2.05) is 37.3 Å². The van der Waals surface area contributed by atoms with Crippen LogP contribution in [-0.4, -0.2) is 34.4 Å². The second kappa shape index (κ2) is 12.3. The van der Waals surface area contributed by atoms with Crippen molar-refractivity contribution in [3.05, 3.63) is 116 Å². The molecule has 8 nitrogen and oxygen atoms in total. The summed E-state index contributed by atoms with van der Waals surface area (Å²) in [4.78, 5) is 45.4. The highest BCUT2D eigenvalue weighted by atomic mass is 79.9. The molecule has 1 aliphatic rings. The summed E-state index contributed by atoms with van der Waals surface area (Å²) in [6, 6.07) is 20.8. The number of aliphatic hydroxyl groups is 1. The number of hydrogen-bond acceptors (Lipinski definition) is 8. The predicted octanol–water partition coefficient (Wildman–Crippen LogP) is 6.90. The first-order valence-electron chi connectivity index (χ1n) is 13.2. The first-order chi connectivity index (χ1) is 20.2. The molecule has 5 rings (SSSR count). The van der Waals surface area contributed by atoms with Crippen molar-refractivity contribution in [2.45, 2.75) is 33.4 Å². The number of aryl methyl sites for hydroxylation is 2. The monoisotopic (exact) mass is 646 g/mol. The van der Waals surface area contributed by atoms with Crippen molar-refractivity contribution >= 4 is 55.8 Å². The first-order valence-corrected chi connectivity index (χ1v) is 14.8. The van der Waals surface area contributed by atoms with E-state index in [2.05, 4.69) is 20.9 Å². The summed E-state index contributed by atoms with van der Waals surface area (Å²) in [5.74, 6) is -2.02. The number of ether oxygens (including phenoxy) is 2. The number of rotatable bonds is 8. The summed E-state index contributed by atoms with van der Waals surface area (Å²) >= 11 is 4.42. The zero-order chi connectivity index (χ0) is 30.0. The van der Waals surface area contributed by atoms with Crippen LogP contribution >= 0.6 is 27.3 Å². The third-order valence-corrected chi connectivity index (χ3v) is 8.31. The van der Waals surface area contributed by atoms with Gasteiger partial charge < -0.3 is 14.6 Å². The molecule has 0 saturated carbocycles. The van der Waals surface area contributed by atoms with E-state index in [4.69, 9.17) is 9.47 Å². The fraction of sp³-hybridized carbons (Fsp3) is 0.188. The number of thiazole rings is 1. The molecule has 1 saturated heterocycles. The number of benzene rings is 3. The van der Waals surface area contributed by atoms with E-state index >= 15 is 0 Å². The zero-order valence-electron chi connectivity index (χ0n) is 23.1. The number of amides is 1.